The van der Waals surface area contributed by atoms with Crippen LogP contribution < -0.4 is 9.88 Å². The number of aliphatic hydroxyl groups excluding tert-OH is 2. The molecule has 4 atom stereocenters. The summed E-state index contributed by atoms with van der Waals surface area (Å²) in [7, 11) is -0.863. The van der Waals surface area contributed by atoms with Gasteiger partial charge in [-0.25, -0.2) is 14.4 Å². The molecule has 14 heteroatoms. The van der Waals surface area contributed by atoms with Gasteiger partial charge < -0.3 is 39.7 Å². The number of esters is 1. The first kappa shape index (κ1) is 27.3. The number of aliphatic imine (C=N–C) groups is 1. The van der Waals surface area contributed by atoms with E-state index in [1.54, 1.807) is 0 Å². The zero-order valence-electron chi connectivity index (χ0n) is 18.8. The molecule has 0 aromatic carbocycles. The number of nitrogens with one attached hydrogen (secondary N) is 1. The molecule has 1 aromatic rings. The van der Waals surface area contributed by atoms with Gasteiger partial charge in [-0.3, -0.25) is 4.52 Å². The highest BCUT2D eigenvalue weighted by molar-refractivity contribution is 7.46. The Hall–Kier alpha value is -1.96. The van der Waals surface area contributed by atoms with Crippen LogP contribution >= 0.6 is 7.82 Å². The number of phosphoric ester groups is 1. The maximum Gasteiger partial charge on any atom is 0.469 e. The Labute approximate surface area is 191 Å². The number of aromatic nitrogens is 1. The molecule has 0 saturated carbocycles. The van der Waals surface area contributed by atoms with Gasteiger partial charge in [0.15, 0.2) is 18.5 Å². The SMILES string of the molecule is CCNC(=NCCCN(C)C)OC(=O)c1ccc[n+]([C@@H]2O[C@H](COP(=O)(O)O)[C@@H](O)[C@H]2O)c1. The number of nitrogens with zero attached hydrogens (tertiary/aromatic N) is 3. The van der Waals surface area contributed by atoms with E-state index >= 15 is 0 Å². The van der Waals surface area contributed by atoms with Crippen LogP contribution in [0.25, 0.3) is 0 Å². The van der Waals surface area contributed by atoms with Crippen molar-refractivity contribution in [3.05, 3.63) is 30.1 Å². The molecule has 1 saturated heterocycles. The molecule has 0 radical (unpaired) electrons. The highest BCUT2D eigenvalue weighted by Gasteiger charge is 2.49. The number of pyridine rings is 1. The third-order valence-electron chi connectivity index (χ3n) is 4.63. The predicted molar refractivity (Wildman–Crippen MR) is 115 cm³/mol. The van der Waals surface area contributed by atoms with Gasteiger partial charge in [0, 0.05) is 19.2 Å². The van der Waals surface area contributed by atoms with E-state index in [0.717, 1.165) is 13.0 Å². The van der Waals surface area contributed by atoms with Gasteiger partial charge in [-0.15, -0.1) is 0 Å². The maximum absolute atomic E-state index is 12.6. The highest BCUT2D eigenvalue weighted by Crippen LogP contribution is 2.37. The summed E-state index contributed by atoms with van der Waals surface area (Å²) in [5.41, 5.74) is 0.136. The Balaban J connectivity index is 2.07. The van der Waals surface area contributed by atoms with Crippen molar-refractivity contribution >= 4 is 19.8 Å². The normalized spacial score (nSPS) is 23.7. The van der Waals surface area contributed by atoms with E-state index in [1.807, 2.05) is 25.9 Å². The first-order chi connectivity index (χ1) is 15.5. The number of carbonyl (C=O) groups is 1. The molecule has 13 nitrogen and oxygen atoms in total. The van der Waals surface area contributed by atoms with Gasteiger partial charge in [0.2, 0.25) is 0 Å². The van der Waals surface area contributed by atoms with E-state index in [4.69, 9.17) is 19.3 Å². The van der Waals surface area contributed by atoms with Gasteiger partial charge in [-0.1, -0.05) is 0 Å². The van der Waals surface area contributed by atoms with Gasteiger partial charge >= 0.3 is 13.8 Å². The van der Waals surface area contributed by atoms with Crippen LogP contribution in [0.2, 0.25) is 0 Å². The monoisotopic (exact) mass is 491 g/mol. The molecule has 0 bridgehead atoms. The fraction of sp³-hybridized carbons (Fsp3) is 0.632. The summed E-state index contributed by atoms with van der Waals surface area (Å²) in [4.78, 5) is 36.6. The first-order valence-corrected chi connectivity index (χ1v) is 11.9. The summed E-state index contributed by atoms with van der Waals surface area (Å²) in [5.74, 6) is -0.689. The van der Waals surface area contributed by atoms with Crippen molar-refractivity contribution in [1.29, 1.82) is 0 Å². The summed E-state index contributed by atoms with van der Waals surface area (Å²) in [6.45, 7) is 3.03. The molecule has 2 heterocycles. The van der Waals surface area contributed by atoms with Crippen LogP contribution in [0.15, 0.2) is 29.5 Å². The fourth-order valence-electron chi connectivity index (χ4n) is 3.05. The van der Waals surface area contributed by atoms with Crippen LogP contribution in [0.1, 0.15) is 29.9 Å². The minimum atomic E-state index is -4.77. The van der Waals surface area contributed by atoms with Crippen molar-refractivity contribution in [2.24, 2.45) is 4.99 Å². The smallest absolute Gasteiger partial charge is 0.389 e. The van der Waals surface area contributed by atoms with Crippen LogP contribution in [0.3, 0.4) is 0 Å². The number of hydrogen-bond donors (Lipinski definition) is 5. The third kappa shape index (κ3) is 8.72. The number of phosphoric acid groups is 1. The third-order valence-corrected chi connectivity index (χ3v) is 5.12. The van der Waals surface area contributed by atoms with Crippen molar-refractivity contribution in [1.82, 2.24) is 10.2 Å². The van der Waals surface area contributed by atoms with Crippen molar-refractivity contribution in [3.8, 4) is 0 Å². The number of hydrogen-bond acceptors (Lipinski definition) is 9. The predicted octanol–water partition coefficient (Wildman–Crippen LogP) is -1.22. The van der Waals surface area contributed by atoms with Crippen molar-refractivity contribution < 1.29 is 47.9 Å². The average molecular weight is 491 g/mol. The largest absolute Gasteiger partial charge is 0.469 e. The summed E-state index contributed by atoms with van der Waals surface area (Å²) in [6, 6.07) is 3.12. The van der Waals surface area contributed by atoms with Gasteiger partial charge in [-0.05, 0) is 40.1 Å². The van der Waals surface area contributed by atoms with Gasteiger partial charge in [-0.2, -0.15) is 4.57 Å². The zero-order chi connectivity index (χ0) is 24.6. The van der Waals surface area contributed by atoms with E-state index in [9.17, 15) is 19.6 Å². The minimum absolute atomic E-state index is 0.0962. The van der Waals surface area contributed by atoms with E-state index in [-0.39, 0.29) is 11.6 Å². The van der Waals surface area contributed by atoms with E-state index in [2.05, 4.69) is 14.8 Å². The quantitative estimate of drug-likeness (QED) is 0.0662. The van der Waals surface area contributed by atoms with E-state index < -0.39 is 44.9 Å². The molecule has 1 aromatic heterocycles. The molecule has 5 N–H and O–H groups in total. The Morgan fingerprint density at radius 3 is 2.70 bits per heavy atom. The highest BCUT2D eigenvalue weighted by atomic mass is 31.2. The molecular formula is C19H32N4O9P+. The lowest BCUT2D eigenvalue weighted by atomic mass is 10.1. The number of ether oxygens (including phenoxy) is 2. The summed E-state index contributed by atoms with van der Waals surface area (Å²) in [5, 5.41) is 23.4. The van der Waals surface area contributed by atoms with Crippen LogP contribution in [-0.4, -0.2) is 95.5 Å². The standard InChI is InChI=1S/C19H31N4O9P/c1-4-20-19(21-8-6-9-22(2)3)32-18(26)13-7-5-10-23(11-13)17-16(25)15(24)14(31-17)12-30-33(27,28)29/h5,7,10-11,14-17,24-25H,4,6,8-9,12H2,1-3H3,(H2-,20,21,27,28,29)/p+1/t14-,15-,16-,17-/m1/s1. The van der Waals surface area contributed by atoms with Crippen molar-refractivity contribution in [2.75, 3.05) is 40.3 Å². The van der Waals surface area contributed by atoms with Crippen molar-refractivity contribution in [3.63, 3.8) is 0 Å². The number of carbonyl (C=O) groups excluding carboxylic acids is 1. The van der Waals surface area contributed by atoms with Crippen molar-refractivity contribution in [2.45, 2.75) is 37.9 Å². The van der Waals surface area contributed by atoms with E-state index in [1.165, 1.54) is 29.1 Å². The molecule has 0 amide bonds. The molecule has 186 valence electrons. The molecular weight excluding hydrogens is 459 g/mol. The second-order valence-corrected chi connectivity index (χ2v) is 8.88. The molecule has 2 rings (SSSR count). The number of amidine groups is 1. The van der Waals surface area contributed by atoms with Crippen LogP contribution in [-0.2, 0) is 18.6 Å². The maximum atomic E-state index is 12.6. The summed E-state index contributed by atoms with van der Waals surface area (Å²) < 4.78 is 27.5. The fourth-order valence-corrected chi connectivity index (χ4v) is 3.39. The molecule has 0 unspecified atom stereocenters. The molecule has 0 spiro atoms. The second-order valence-electron chi connectivity index (χ2n) is 7.64. The van der Waals surface area contributed by atoms with Crippen LogP contribution in [0.4, 0.5) is 0 Å². The molecule has 1 aliphatic rings. The lowest BCUT2D eigenvalue weighted by molar-refractivity contribution is -0.765. The Morgan fingerprint density at radius 2 is 2.06 bits per heavy atom. The minimum Gasteiger partial charge on any atom is -0.389 e. The lowest BCUT2D eigenvalue weighted by Gasteiger charge is -2.13. The van der Waals surface area contributed by atoms with E-state index in [0.29, 0.717) is 13.1 Å². The van der Waals surface area contributed by atoms with Gasteiger partial charge in [0.05, 0.1) is 6.61 Å². The molecule has 33 heavy (non-hydrogen) atoms. The number of rotatable bonds is 10. The number of aliphatic hydroxyl groups is 2. The lowest BCUT2D eigenvalue weighted by Crippen LogP contribution is -2.46. The summed E-state index contributed by atoms with van der Waals surface area (Å²) >= 11 is 0. The molecule has 1 aliphatic heterocycles. The van der Waals surface area contributed by atoms with Gasteiger partial charge in [0.25, 0.3) is 12.2 Å². The zero-order valence-corrected chi connectivity index (χ0v) is 19.7. The van der Waals surface area contributed by atoms with Gasteiger partial charge in [0.1, 0.15) is 17.8 Å². The first-order valence-electron chi connectivity index (χ1n) is 10.4. The molecule has 1 fully saturated rings. The van der Waals surface area contributed by atoms with Crippen LogP contribution in [0, 0.1) is 0 Å². The topological polar surface area (TPSA) is 174 Å². The Kier molecular flexibility index (Phi) is 10.3. The Bertz CT molecular complexity index is 863. The summed E-state index contributed by atoms with van der Waals surface area (Å²) in [6.07, 6.45) is -1.53. The average Bonchev–Trinajstić information content (AvgIpc) is 3.03. The van der Waals surface area contributed by atoms with Crippen LogP contribution in [0.5, 0.6) is 0 Å². The Morgan fingerprint density at radius 1 is 1.33 bits per heavy atom. The second kappa shape index (κ2) is 12.5. The molecule has 0 aliphatic carbocycles.